The minimum absolute atomic E-state index is 0.210. The molecule has 0 amide bonds. The zero-order valence-corrected chi connectivity index (χ0v) is 12.3. The molecule has 106 valence electrons. The first-order chi connectivity index (χ1) is 9.63. The van der Waals surface area contributed by atoms with Gasteiger partial charge in [0.25, 0.3) is 6.23 Å². The van der Waals surface area contributed by atoms with Crippen molar-refractivity contribution in [2.75, 3.05) is 20.7 Å². The number of hydroxylamine groups is 3. The molecule has 3 nitrogen and oxygen atoms in total. The standard InChI is InChI=1S/C17H22NO2/c1-4-19-18(2,3)17(15-11-7-5-8-12-15)20-16-13-9-6-10-14-16/h5-14,17H,4H2,1-3H3/q+1. The Morgan fingerprint density at radius 2 is 1.45 bits per heavy atom. The van der Waals surface area contributed by atoms with Gasteiger partial charge >= 0.3 is 0 Å². The number of hydrogen-bond donors (Lipinski definition) is 0. The molecule has 0 fully saturated rings. The summed E-state index contributed by atoms with van der Waals surface area (Å²) in [6, 6.07) is 20.0. The monoisotopic (exact) mass is 272 g/mol. The van der Waals surface area contributed by atoms with Crippen molar-refractivity contribution in [1.82, 2.24) is 0 Å². The zero-order chi connectivity index (χ0) is 14.4. The van der Waals surface area contributed by atoms with Crippen molar-refractivity contribution in [3.63, 3.8) is 0 Å². The summed E-state index contributed by atoms with van der Waals surface area (Å²) in [4.78, 5) is 5.83. The molecule has 2 aromatic rings. The highest BCUT2D eigenvalue weighted by Crippen LogP contribution is 2.29. The van der Waals surface area contributed by atoms with Crippen LogP contribution in [0.5, 0.6) is 5.75 Å². The van der Waals surface area contributed by atoms with Crippen LogP contribution in [0.2, 0.25) is 0 Å². The molecular formula is C17H22NO2+. The third-order valence-corrected chi connectivity index (χ3v) is 3.10. The first-order valence-electron chi connectivity index (χ1n) is 6.88. The smallest absolute Gasteiger partial charge is 0.289 e. The SMILES string of the molecule is CCO[N+](C)(C)C(Oc1ccccc1)c1ccccc1. The Labute approximate surface area is 120 Å². The van der Waals surface area contributed by atoms with E-state index in [-0.39, 0.29) is 6.23 Å². The molecule has 0 aliphatic carbocycles. The quantitative estimate of drug-likeness (QED) is 0.452. The summed E-state index contributed by atoms with van der Waals surface area (Å²) >= 11 is 0. The number of quaternary nitrogens is 1. The predicted octanol–water partition coefficient (Wildman–Crippen LogP) is 3.79. The van der Waals surface area contributed by atoms with Crippen molar-refractivity contribution in [3.05, 3.63) is 66.2 Å². The van der Waals surface area contributed by atoms with Crippen molar-refractivity contribution in [2.24, 2.45) is 0 Å². The van der Waals surface area contributed by atoms with Gasteiger partial charge in [0.2, 0.25) is 0 Å². The van der Waals surface area contributed by atoms with Crippen molar-refractivity contribution in [3.8, 4) is 5.75 Å². The van der Waals surface area contributed by atoms with Gasteiger partial charge in [0, 0.05) is 0 Å². The Morgan fingerprint density at radius 1 is 0.900 bits per heavy atom. The van der Waals surface area contributed by atoms with E-state index in [0.717, 1.165) is 11.3 Å². The lowest BCUT2D eigenvalue weighted by atomic mass is 10.2. The van der Waals surface area contributed by atoms with E-state index < -0.39 is 0 Å². The molecule has 0 aliphatic heterocycles. The average molecular weight is 272 g/mol. The molecule has 2 aromatic carbocycles. The Morgan fingerprint density at radius 3 is 2.00 bits per heavy atom. The molecule has 0 radical (unpaired) electrons. The van der Waals surface area contributed by atoms with Gasteiger partial charge in [-0.05, 0) is 31.2 Å². The summed E-state index contributed by atoms with van der Waals surface area (Å²) in [5.41, 5.74) is 1.09. The molecule has 0 spiro atoms. The Kier molecular flexibility index (Phi) is 4.77. The van der Waals surface area contributed by atoms with E-state index in [1.54, 1.807) is 0 Å². The van der Waals surface area contributed by atoms with Crippen molar-refractivity contribution < 1.29 is 14.2 Å². The van der Waals surface area contributed by atoms with Crippen LogP contribution in [0.25, 0.3) is 0 Å². The number of para-hydroxylation sites is 1. The number of rotatable bonds is 6. The van der Waals surface area contributed by atoms with Crippen molar-refractivity contribution >= 4 is 0 Å². The molecule has 0 aliphatic rings. The number of nitrogens with zero attached hydrogens (tertiary/aromatic N) is 1. The second-order valence-electron chi connectivity index (χ2n) is 5.05. The van der Waals surface area contributed by atoms with Crippen LogP contribution >= 0.6 is 0 Å². The molecule has 0 heterocycles. The summed E-state index contributed by atoms with van der Waals surface area (Å²) < 4.78 is 6.48. The first-order valence-corrected chi connectivity index (χ1v) is 6.88. The van der Waals surface area contributed by atoms with E-state index in [1.807, 2.05) is 69.6 Å². The highest BCUT2D eigenvalue weighted by atomic mass is 16.7. The molecule has 1 unspecified atom stereocenters. The summed E-state index contributed by atoms with van der Waals surface area (Å²) in [7, 11) is 4.01. The summed E-state index contributed by atoms with van der Waals surface area (Å²) in [6.07, 6.45) is -0.210. The number of benzene rings is 2. The summed E-state index contributed by atoms with van der Waals surface area (Å²) in [5.74, 6) is 0.840. The Balaban J connectivity index is 2.30. The molecule has 0 N–H and O–H groups in total. The van der Waals surface area contributed by atoms with E-state index >= 15 is 0 Å². The van der Waals surface area contributed by atoms with Crippen LogP contribution in [-0.2, 0) is 4.84 Å². The van der Waals surface area contributed by atoms with Crippen LogP contribution in [0.3, 0.4) is 0 Å². The van der Waals surface area contributed by atoms with Crippen LogP contribution in [0.15, 0.2) is 60.7 Å². The van der Waals surface area contributed by atoms with Gasteiger partial charge in [-0.1, -0.05) is 36.4 Å². The van der Waals surface area contributed by atoms with E-state index in [4.69, 9.17) is 9.57 Å². The number of ether oxygens (including phenoxy) is 1. The lowest BCUT2D eigenvalue weighted by Gasteiger charge is -2.34. The minimum atomic E-state index is -0.210. The zero-order valence-electron chi connectivity index (χ0n) is 12.3. The molecule has 20 heavy (non-hydrogen) atoms. The van der Waals surface area contributed by atoms with E-state index in [9.17, 15) is 0 Å². The van der Waals surface area contributed by atoms with Gasteiger partial charge in [-0.3, -0.25) is 0 Å². The van der Waals surface area contributed by atoms with Crippen molar-refractivity contribution in [1.29, 1.82) is 0 Å². The number of hydrogen-bond acceptors (Lipinski definition) is 2. The van der Waals surface area contributed by atoms with Crippen molar-refractivity contribution in [2.45, 2.75) is 13.2 Å². The molecule has 1 atom stereocenters. The van der Waals surface area contributed by atoms with E-state index in [0.29, 0.717) is 11.3 Å². The third-order valence-electron chi connectivity index (χ3n) is 3.10. The summed E-state index contributed by atoms with van der Waals surface area (Å²) in [5, 5.41) is 0. The molecule has 0 saturated carbocycles. The van der Waals surface area contributed by atoms with Crippen LogP contribution in [0, 0.1) is 0 Å². The third kappa shape index (κ3) is 3.59. The second-order valence-corrected chi connectivity index (χ2v) is 5.05. The topological polar surface area (TPSA) is 18.5 Å². The van der Waals surface area contributed by atoms with Gasteiger partial charge in [-0.25, -0.2) is 4.84 Å². The van der Waals surface area contributed by atoms with E-state index in [1.165, 1.54) is 0 Å². The van der Waals surface area contributed by atoms with E-state index in [2.05, 4.69) is 12.1 Å². The van der Waals surface area contributed by atoms with Crippen LogP contribution in [-0.4, -0.2) is 25.3 Å². The van der Waals surface area contributed by atoms with Crippen LogP contribution in [0.1, 0.15) is 18.7 Å². The van der Waals surface area contributed by atoms with Gasteiger partial charge in [-0.15, -0.1) is 4.65 Å². The highest BCUT2D eigenvalue weighted by molar-refractivity contribution is 5.23. The summed E-state index contributed by atoms with van der Waals surface area (Å²) in [6.45, 7) is 2.62. The molecule has 0 bridgehead atoms. The highest BCUT2D eigenvalue weighted by Gasteiger charge is 2.33. The molecule has 3 heteroatoms. The Bertz CT molecular complexity index is 511. The maximum atomic E-state index is 6.17. The lowest BCUT2D eigenvalue weighted by molar-refractivity contribution is -1.11. The maximum absolute atomic E-state index is 6.17. The molecule has 0 aromatic heterocycles. The van der Waals surface area contributed by atoms with Crippen LogP contribution in [0.4, 0.5) is 0 Å². The van der Waals surface area contributed by atoms with Gasteiger partial charge in [0.1, 0.15) is 26.5 Å². The second kappa shape index (κ2) is 6.55. The fourth-order valence-electron chi connectivity index (χ4n) is 2.20. The molecule has 2 rings (SSSR count). The molecular weight excluding hydrogens is 250 g/mol. The van der Waals surface area contributed by atoms with Gasteiger partial charge < -0.3 is 4.74 Å². The lowest BCUT2D eigenvalue weighted by Crippen LogP contribution is -2.45. The van der Waals surface area contributed by atoms with Crippen LogP contribution < -0.4 is 4.74 Å². The fourth-order valence-corrected chi connectivity index (χ4v) is 2.20. The minimum Gasteiger partial charge on any atom is -0.436 e. The van der Waals surface area contributed by atoms with Gasteiger partial charge in [0.05, 0.1) is 5.56 Å². The average Bonchev–Trinajstić information content (AvgIpc) is 2.46. The fraction of sp³-hybridized carbons (Fsp3) is 0.294. The largest absolute Gasteiger partial charge is 0.436 e. The van der Waals surface area contributed by atoms with Gasteiger partial charge in [-0.2, -0.15) is 0 Å². The normalized spacial score (nSPS) is 12.9. The Hall–Kier alpha value is -1.84. The maximum Gasteiger partial charge on any atom is 0.289 e. The first kappa shape index (κ1) is 14.6. The molecule has 0 saturated heterocycles. The predicted molar refractivity (Wildman–Crippen MR) is 80.0 cm³/mol. The van der Waals surface area contributed by atoms with Gasteiger partial charge in [0.15, 0.2) is 0 Å².